The highest BCUT2D eigenvalue weighted by Gasteiger charge is 2.95. The van der Waals surface area contributed by atoms with Gasteiger partial charge in [0.1, 0.15) is 17.3 Å². The number of ether oxygens (including phenoxy) is 3. The van der Waals surface area contributed by atoms with E-state index in [1.165, 1.54) is 19.6 Å². The molecule has 4 aliphatic carbocycles. The van der Waals surface area contributed by atoms with Crippen molar-refractivity contribution >= 4 is 11.9 Å². The number of hydrogen-bond acceptors (Lipinski definition) is 10. The molecular formula is C27H34O10. The Bertz CT molecular complexity index is 1200. The molecule has 1 aromatic rings. The van der Waals surface area contributed by atoms with Gasteiger partial charge in [0.2, 0.25) is 0 Å². The van der Waals surface area contributed by atoms with Crippen molar-refractivity contribution in [3.05, 3.63) is 24.2 Å². The number of furan rings is 1. The monoisotopic (exact) mass is 518 g/mol. The number of rotatable bonds is 3. The van der Waals surface area contributed by atoms with Gasteiger partial charge in [-0.15, -0.1) is 0 Å². The van der Waals surface area contributed by atoms with E-state index in [1.54, 1.807) is 13.0 Å². The van der Waals surface area contributed by atoms with Crippen molar-refractivity contribution in [1.29, 1.82) is 0 Å². The largest absolute Gasteiger partial charge is 0.472 e. The highest BCUT2D eigenvalue weighted by Crippen LogP contribution is 2.85. The first-order chi connectivity index (χ1) is 17.3. The third kappa shape index (κ3) is 2.13. The summed E-state index contributed by atoms with van der Waals surface area (Å²) in [6.07, 6.45) is -0.866. The first kappa shape index (κ1) is 24.1. The van der Waals surface area contributed by atoms with Crippen LogP contribution in [0, 0.1) is 34.0 Å². The zero-order valence-electron chi connectivity index (χ0n) is 21.3. The molecule has 0 radical (unpaired) electrons. The van der Waals surface area contributed by atoms with Crippen molar-refractivity contribution in [2.75, 3.05) is 7.11 Å². The summed E-state index contributed by atoms with van der Waals surface area (Å²) in [7, 11) is 1.19. The first-order valence-electron chi connectivity index (χ1n) is 13.1. The number of cyclic esters (lactones) is 1. The molecule has 202 valence electrons. The normalized spacial score (nSPS) is 57.6. The van der Waals surface area contributed by atoms with Gasteiger partial charge in [-0.2, -0.15) is 0 Å². The highest BCUT2D eigenvalue weighted by atomic mass is 16.6. The molecule has 4 N–H and O–H groups in total. The Morgan fingerprint density at radius 2 is 1.97 bits per heavy atom. The Kier molecular flexibility index (Phi) is 4.29. The molecule has 0 unspecified atom stereocenters. The van der Waals surface area contributed by atoms with Crippen molar-refractivity contribution in [1.82, 2.24) is 0 Å². The van der Waals surface area contributed by atoms with Crippen LogP contribution in [0.3, 0.4) is 0 Å². The summed E-state index contributed by atoms with van der Waals surface area (Å²) in [6, 6.07) is 1.72. The summed E-state index contributed by atoms with van der Waals surface area (Å²) in [6.45, 7) is 5.51. The van der Waals surface area contributed by atoms with Gasteiger partial charge in [-0.1, -0.05) is 20.8 Å². The van der Waals surface area contributed by atoms with Crippen LogP contribution in [0.2, 0.25) is 0 Å². The van der Waals surface area contributed by atoms with Crippen LogP contribution in [0.5, 0.6) is 0 Å². The van der Waals surface area contributed by atoms with Gasteiger partial charge in [-0.3, -0.25) is 4.79 Å². The third-order valence-corrected chi connectivity index (χ3v) is 12.2. The molecule has 0 amide bonds. The van der Waals surface area contributed by atoms with E-state index in [0.717, 1.165) is 0 Å². The molecule has 6 fully saturated rings. The van der Waals surface area contributed by atoms with Crippen LogP contribution in [0.15, 0.2) is 23.0 Å². The molecule has 2 bridgehead atoms. The number of carbonyl (C=O) groups excluding carboxylic acids is 2. The first-order valence-corrected chi connectivity index (χ1v) is 13.1. The van der Waals surface area contributed by atoms with Crippen LogP contribution in [0.1, 0.15) is 58.1 Å². The molecule has 1 aromatic heterocycles. The van der Waals surface area contributed by atoms with Gasteiger partial charge >= 0.3 is 11.9 Å². The van der Waals surface area contributed by atoms with Crippen LogP contribution in [-0.4, -0.2) is 74.6 Å². The van der Waals surface area contributed by atoms with Crippen LogP contribution >= 0.6 is 0 Å². The van der Waals surface area contributed by atoms with Crippen LogP contribution in [0.25, 0.3) is 0 Å². The molecule has 4 saturated carbocycles. The van der Waals surface area contributed by atoms with E-state index in [2.05, 4.69) is 0 Å². The maximum Gasteiger partial charge on any atom is 0.335 e. The molecule has 3 heterocycles. The highest BCUT2D eigenvalue weighted by molar-refractivity contribution is 5.76. The van der Waals surface area contributed by atoms with E-state index in [9.17, 15) is 30.0 Å². The SMILES string of the molecule is COC(=O)[C@@H](O)[C@H]1[C@@]2(C)C[C@]3(O)[C@@H]4[C@@H](O[C@]56CC(=O)O[C@@H](c7ccoc7)[C@]5(C)CC[C@H]([C@]13C)[C@]46O)[C@H]2O. The Morgan fingerprint density at radius 1 is 1.24 bits per heavy atom. The molecule has 6 aliphatic rings. The third-order valence-electron chi connectivity index (χ3n) is 12.2. The molecule has 2 aliphatic heterocycles. The second kappa shape index (κ2) is 6.59. The summed E-state index contributed by atoms with van der Waals surface area (Å²) in [5, 5.41) is 48.7. The number of aliphatic hydroxyl groups excluding tert-OH is 2. The maximum atomic E-state index is 13.2. The van der Waals surface area contributed by atoms with Crippen LogP contribution < -0.4 is 0 Å². The van der Waals surface area contributed by atoms with Gasteiger partial charge in [0.15, 0.2) is 6.10 Å². The average Bonchev–Trinajstić information content (AvgIpc) is 3.52. The second-order valence-electron chi connectivity index (χ2n) is 13.1. The number of methoxy groups -OCH3 is 1. The van der Waals surface area contributed by atoms with E-state index < -0.39 is 87.2 Å². The fraction of sp³-hybridized carbons (Fsp3) is 0.778. The fourth-order valence-electron chi connectivity index (χ4n) is 11.0. The van der Waals surface area contributed by atoms with Gasteiger partial charge in [0.25, 0.3) is 0 Å². The zero-order valence-corrected chi connectivity index (χ0v) is 21.3. The van der Waals surface area contributed by atoms with Crippen LogP contribution in [-0.2, 0) is 23.8 Å². The van der Waals surface area contributed by atoms with Crippen molar-refractivity contribution in [3.8, 4) is 0 Å². The molecule has 2 saturated heterocycles. The number of carbonyl (C=O) groups is 2. The predicted molar refractivity (Wildman–Crippen MR) is 122 cm³/mol. The van der Waals surface area contributed by atoms with E-state index >= 15 is 0 Å². The molecule has 0 aromatic carbocycles. The van der Waals surface area contributed by atoms with E-state index in [-0.39, 0.29) is 12.8 Å². The number of aliphatic hydroxyl groups is 4. The van der Waals surface area contributed by atoms with Crippen molar-refractivity contribution in [3.63, 3.8) is 0 Å². The van der Waals surface area contributed by atoms with E-state index in [1.807, 2.05) is 13.8 Å². The Morgan fingerprint density at radius 3 is 2.62 bits per heavy atom. The fourth-order valence-corrected chi connectivity index (χ4v) is 11.0. The summed E-state index contributed by atoms with van der Waals surface area (Å²) in [5.41, 5.74) is -7.31. The lowest BCUT2D eigenvalue weighted by Crippen LogP contribution is -2.72. The summed E-state index contributed by atoms with van der Waals surface area (Å²) in [5.74, 6) is -3.86. The molecule has 7 rings (SSSR count). The van der Waals surface area contributed by atoms with Crippen molar-refractivity contribution < 1.29 is 48.6 Å². The van der Waals surface area contributed by atoms with Gasteiger partial charge in [0.05, 0.1) is 43.9 Å². The van der Waals surface area contributed by atoms with Gasteiger partial charge in [-0.25, -0.2) is 4.79 Å². The minimum Gasteiger partial charge on any atom is -0.472 e. The molecule has 10 nitrogen and oxygen atoms in total. The Labute approximate surface area is 213 Å². The lowest BCUT2D eigenvalue weighted by atomic mass is 9.45. The molecular weight excluding hydrogens is 484 g/mol. The lowest BCUT2D eigenvalue weighted by molar-refractivity contribution is -0.298. The van der Waals surface area contributed by atoms with Gasteiger partial charge in [-0.05, 0) is 31.2 Å². The standard InChI is InChI=1S/C27H34O10/c1-22-11-25(32)18-16(19(22)30)37-26-9-14(28)36-20(12-6-8-35-10-12)23(26,2)7-5-13(27(18,26)33)24(25,3)17(22)15(29)21(31)34-4/h6,8,10,13,15-20,29-30,32-33H,5,7,9,11H2,1-4H3/t13-,15+,16-,17+,18+,19-,20+,22-,23+,24-,25+,26-,27+/m1/s1. The van der Waals surface area contributed by atoms with Crippen LogP contribution in [0.4, 0.5) is 0 Å². The lowest BCUT2D eigenvalue weighted by Gasteiger charge is -2.63. The average molecular weight is 519 g/mol. The number of hydrogen-bond donors (Lipinski definition) is 4. The van der Waals surface area contributed by atoms with Crippen molar-refractivity contribution in [2.45, 2.75) is 87.7 Å². The quantitative estimate of drug-likeness (QED) is 0.423. The van der Waals surface area contributed by atoms with Crippen molar-refractivity contribution in [2.24, 2.45) is 34.0 Å². The minimum absolute atomic E-state index is 0.0716. The molecule has 1 spiro atoms. The molecule has 13 atom stereocenters. The number of fused-ring (bicyclic) bond motifs is 2. The smallest absolute Gasteiger partial charge is 0.335 e. The zero-order chi connectivity index (χ0) is 26.6. The van der Waals surface area contributed by atoms with Gasteiger partial charge in [0, 0.05) is 33.6 Å². The topological polar surface area (TPSA) is 156 Å². The Hall–Kier alpha value is -1.98. The summed E-state index contributed by atoms with van der Waals surface area (Å²) < 4.78 is 22.8. The molecule has 10 heteroatoms. The second-order valence-corrected chi connectivity index (χ2v) is 13.1. The minimum atomic E-state index is -1.73. The molecule has 37 heavy (non-hydrogen) atoms. The number of esters is 2. The summed E-state index contributed by atoms with van der Waals surface area (Å²) in [4.78, 5) is 25.9. The van der Waals surface area contributed by atoms with Gasteiger partial charge < -0.3 is 39.1 Å². The predicted octanol–water partition coefficient (Wildman–Crippen LogP) is 0.854. The Balaban J connectivity index is 1.49. The summed E-state index contributed by atoms with van der Waals surface area (Å²) >= 11 is 0. The maximum absolute atomic E-state index is 13.2. The van der Waals surface area contributed by atoms with E-state index in [0.29, 0.717) is 18.4 Å². The van der Waals surface area contributed by atoms with E-state index in [4.69, 9.17) is 18.6 Å².